The molecule has 5 heteroatoms. The van der Waals surface area contributed by atoms with Crippen molar-refractivity contribution in [2.45, 2.75) is 26.3 Å². The number of piperazine rings is 1. The summed E-state index contributed by atoms with van der Waals surface area (Å²) >= 11 is 3.52. The standard InChI is InChI=1S/C23H27BrN4/c1-4-21(28-13-11-27(3)12-14-28)22-19-15-16(2)5-10-20(19)25-23(26-22)17-6-8-18(24)9-7-17/h5-10,15,21H,4,11-14H2,1-3H3. The van der Waals surface area contributed by atoms with Crippen molar-refractivity contribution < 1.29 is 0 Å². The zero-order chi connectivity index (χ0) is 19.7. The van der Waals surface area contributed by atoms with Gasteiger partial charge >= 0.3 is 0 Å². The quantitative estimate of drug-likeness (QED) is 0.569. The van der Waals surface area contributed by atoms with Gasteiger partial charge in [-0.05, 0) is 44.7 Å². The first-order valence-electron chi connectivity index (χ1n) is 10.0. The Morgan fingerprint density at radius 1 is 1.00 bits per heavy atom. The molecule has 1 aliphatic rings. The predicted molar refractivity (Wildman–Crippen MR) is 120 cm³/mol. The number of likely N-dealkylation sites (N-methyl/N-ethyl adjacent to an activating group) is 1. The topological polar surface area (TPSA) is 32.3 Å². The third-order valence-electron chi connectivity index (χ3n) is 5.66. The second-order valence-electron chi connectivity index (χ2n) is 7.72. The maximum atomic E-state index is 5.13. The second-order valence-corrected chi connectivity index (χ2v) is 8.64. The molecule has 4 rings (SSSR count). The van der Waals surface area contributed by atoms with E-state index in [1.165, 1.54) is 16.6 Å². The highest BCUT2D eigenvalue weighted by Gasteiger charge is 2.26. The van der Waals surface area contributed by atoms with E-state index < -0.39 is 0 Å². The Kier molecular flexibility index (Phi) is 5.76. The summed E-state index contributed by atoms with van der Waals surface area (Å²) in [6, 6.07) is 15.1. The fraction of sp³-hybridized carbons (Fsp3) is 0.391. The molecule has 28 heavy (non-hydrogen) atoms. The molecule has 0 radical (unpaired) electrons. The monoisotopic (exact) mass is 438 g/mol. The molecule has 1 saturated heterocycles. The van der Waals surface area contributed by atoms with Crippen LogP contribution in [-0.2, 0) is 0 Å². The van der Waals surface area contributed by atoms with Crippen molar-refractivity contribution in [3.05, 3.63) is 58.2 Å². The van der Waals surface area contributed by atoms with Gasteiger partial charge in [0.1, 0.15) is 0 Å². The molecule has 1 unspecified atom stereocenters. The van der Waals surface area contributed by atoms with E-state index in [1.807, 2.05) is 0 Å². The lowest BCUT2D eigenvalue weighted by atomic mass is 10.0. The molecule has 0 spiro atoms. The van der Waals surface area contributed by atoms with Crippen LogP contribution >= 0.6 is 15.9 Å². The molecule has 1 atom stereocenters. The van der Waals surface area contributed by atoms with Crippen molar-refractivity contribution in [3.63, 3.8) is 0 Å². The zero-order valence-electron chi connectivity index (χ0n) is 16.8. The Balaban J connectivity index is 1.84. The number of hydrogen-bond acceptors (Lipinski definition) is 4. The van der Waals surface area contributed by atoms with E-state index in [-0.39, 0.29) is 0 Å². The van der Waals surface area contributed by atoms with Crippen LogP contribution in [0.1, 0.15) is 30.6 Å². The first-order chi connectivity index (χ1) is 13.5. The van der Waals surface area contributed by atoms with Crippen molar-refractivity contribution in [1.82, 2.24) is 19.8 Å². The van der Waals surface area contributed by atoms with E-state index in [0.717, 1.165) is 54.0 Å². The fourth-order valence-electron chi connectivity index (χ4n) is 4.01. The van der Waals surface area contributed by atoms with Gasteiger partial charge in [-0.15, -0.1) is 0 Å². The van der Waals surface area contributed by atoms with Gasteiger partial charge in [0.2, 0.25) is 0 Å². The average molecular weight is 439 g/mol. The number of hydrogen-bond donors (Lipinski definition) is 0. The van der Waals surface area contributed by atoms with Gasteiger partial charge in [-0.2, -0.15) is 0 Å². The van der Waals surface area contributed by atoms with Gasteiger partial charge in [-0.1, -0.05) is 46.6 Å². The van der Waals surface area contributed by atoms with Gasteiger partial charge in [-0.3, -0.25) is 4.90 Å². The zero-order valence-corrected chi connectivity index (χ0v) is 18.4. The minimum Gasteiger partial charge on any atom is -0.304 e. The maximum absolute atomic E-state index is 5.13. The highest BCUT2D eigenvalue weighted by Crippen LogP contribution is 2.32. The summed E-state index contributed by atoms with van der Waals surface area (Å²) in [4.78, 5) is 15.0. The molecule has 2 aromatic carbocycles. The van der Waals surface area contributed by atoms with E-state index in [4.69, 9.17) is 9.97 Å². The summed E-state index contributed by atoms with van der Waals surface area (Å²) < 4.78 is 1.07. The van der Waals surface area contributed by atoms with Crippen LogP contribution in [0.2, 0.25) is 0 Å². The lowest BCUT2D eigenvalue weighted by Crippen LogP contribution is -2.46. The van der Waals surface area contributed by atoms with Crippen molar-refractivity contribution in [2.75, 3.05) is 33.2 Å². The van der Waals surface area contributed by atoms with Crippen molar-refractivity contribution in [1.29, 1.82) is 0 Å². The van der Waals surface area contributed by atoms with Crippen LogP contribution < -0.4 is 0 Å². The Morgan fingerprint density at radius 2 is 1.71 bits per heavy atom. The number of benzene rings is 2. The van der Waals surface area contributed by atoms with E-state index in [2.05, 4.69) is 89.1 Å². The molecule has 1 aromatic heterocycles. The molecule has 0 bridgehead atoms. The van der Waals surface area contributed by atoms with Crippen LogP contribution in [-0.4, -0.2) is 53.0 Å². The maximum Gasteiger partial charge on any atom is 0.160 e. The normalized spacial score (nSPS) is 17.1. The summed E-state index contributed by atoms with van der Waals surface area (Å²) in [5.41, 5.74) is 4.50. The Labute approximate surface area is 175 Å². The van der Waals surface area contributed by atoms with E-state index in [0.29, 0.717) is 6.04 Å². The molecule has 2 heterocycles. The minimum absolute atomic E-state index is 0.315. The predicted octanol–water partition coefficient (Wildman–Crippen LogP) is 5.07. The molecule has 0 saturated carbocycles. The van der Waals surface area contributed by atoms with Crippen LogP contribution in [0.4, 0.5) is 0 Å². The van der Waals surface area contributed by atoms with Crippen LogP contribution in [0.5, 0.6) is 0 Å². The molecule has 0 aliphatic carbocycles. The van der Waals surface area contributed by atoms with Crippen molar-refractivity contribution in [2.24, 2.45) is 0 Å². The van der Waals surface area contributed by atoms with Gasteiger partial charge in [-0.25, -0.2) is 9.97 Å². The first-order valence-corrected chi connectivity index (χ1v) is 10.8. The second kappa shape index (κ2) is 8.27. The molecule has 1 fully saturated rings. The van der Waals surface area contributed by atoms with E-state index >= 15 is 0 Å². The number of rotatable bonds is 4. The molecule has 146 valence electrons. The van der Waals surface area contributed by atoms with Gasteiger partial charge in [0.05, 0.1) is 17.3 Å². The summed E-state index contributed by atoms with van der Waals surface area (Å²) in [5, 5.41) is 1.19. The third-order valence-corrected chi connectivity index (χ3v) is 6.19. The number of aromatic nitrogens is 2. The molecular formula is C23H27BrN4. The van der Waals surface area contributed by atoms with Gasteiger partial charge in [0.15, 0.2) is 5.82 Å². The third kappa shape index (κ3) is 3.97. The Morgan fingerprint density at radius 3 is 2.39 bits per heavy atom. The number of aryl methyl sites for hydroxylation is 1. The minimum atomic E-state index is 0.315. The van der Waals surface area contributed by atoms with Gasteiger partial charge in [0.25, 0.3) is 0 Å². The summed E-state index contributed by atoms with van der Waals surface area (Å²) in [6.45, 7) is 8.80. The SMILES string of the molecule is CCC(c1nc(-c2ccc(Br)cc2)nc2ccc(C)cc12)N1CCN(C)CC1. The molecule has 0 N–H and O–H groups in total. The van der Waals surface area contributed by atoms with Crippen LogP contribution in [0, 0.1) is 6.92 Å². The van der Waals surface area contributed by atoms with Crippen molar-refractivity contribution >= 4 is 26.8 Å². The first kappa shape index (κ1) is 19.5. The highest BCUT2D eigenvalue weighted by molar-refractivity contribution is 9.10. The summed E-state index contributed by atoms with van der Waals surface area (Å²) in [7, 11) is 2.20. The average Bonchev–Trinajstić information content (AvgIpc) is 2.70. The number of fused-ring (bicyclic) bond motifs is 1. The Hall–Kier alpha value is -1.82. The molecule has 4 nitrogen and oxygen atoms in total. The number of halogens is 1. The summed E-state index contributed by atoms with van der Waals surface area (Å²) in [5.74, 6) is 0.812. The van der Waals surface area contributed by atoms with Gasteiger partial charge < -0.3 is 4.90 Å². The lowest BCUT2D eigenvalue weighted by molar-refractivity contribution is 0.108. The van der Waals surface area contributed by atoms with Gasteiger partial charge in [0, 0.05) is 41.6 Å². The summed E-state index contributed by atoms with van der Waals surface area (Å²) in [6.07, 6.45) is 1.05. The van der Waals surface area contributed by atoms with Crippen LogP contribution in [0.25, 0.3) is 22.3 Å². The molecule has 0 amide bonds. The largest absolute Gasteiger partial charge is 0.304 e. The number of nitrogens with zero attached hydrogens (tertiary/aromatic N) is 4. The fourth-order valence-corrected chi connectivity index (χ4v) is 4.27. The van der Waals surface area contributed by atoms with E-state index in [1.54, 1.807) is 0 Å². The lowest BCUT2D eigenvalue weighted by Gasteiger charge is -2.37. The van der Waals surface area contributed by atoms with Crippen LogP contribution in [0.15, 0.2) is 46.9 Å². The van der Waals surface area contributed by atoms with E-state index in [9.17, 15) is 0 Å². The Bertz CT molecular complexity index is 962. The van der Waals surface area contributed by atoms with Crippen LogP contribution in [0.3, 0.4) is 0 Å². The highest BCUT2D eigenvalue weighted by atomic mass is 79.9. The van der Waals surface area contributed by atoms with Crippen molar-refractivity contribution in [3.8, 4) is 11.4 Å². The molecule has 1 aliphatic heterocycles. The smallest absolute Gasteiger partial charge is 0.160 e. The molecular weight excluding hydrogens is 412 g/mol. The molecule has 3 aromatic rings.